The summed E-state index contributed by atoms with van der Waals surface area (Å²) in [4.78, 5) is 4.19. The number of halogens is 3. The van der Waals surface area contributed by atoms with Gasteiger partial charge in [-0.3, -0.25) is 4.98 Å². The van der Waals surface area contributed by atoms with E-state index in [2.05, 4.69) is 4.98 Å². The van der Waals surface area contributed by atoms with Gasteiger partial charge in [-0.2, -0.15) is 0 Å². The van der Waals surface area contributed by atoms with Gasteiger partial charge in [-0.05, 0) is 19.9 Å². The number of rotatable bonds is 3. The summed E-state index contributed by atoms with van der Waals surface area (Å²) in [6.45, 7) is 3.60. The van der Waals surface area contributed by atoms with Crippen molar-refractivity contribution in [1.82, 2.24) is 4.98 Å². The number of hydrogen-bond donors (Lipinski definition) is 0. The van der Waals surface area contributed by atoms with Gasteiger partial charge in [0.05, 0.1) is 11.4 Å². The summed E-state index contributed by atoms with van der Waals surface area (Å²) in [5, 5.41) is 0.707. The van der Waals surface area contributed by atoms with Crippen molar-refractivity contribution in [2.24, 2.45) is 0 Å². The Bertz CT molecular complexity index is 590. The van der Waals surface area contributed by atoms with E-state index in [1.807, 2.05) is 0 Å². The van der Waals surface area contributed by atoms with Gasteiger partial charge in [-0.25, -0.2) is 4.39 Å². The highest BCUT2D eigenvalue weighted by Gasteiger charge is 2.15. The third-order valence-corrected chi connectivity index (χ3v) is 3.59. The Morgan fingerprint density at radius 2 is 1.68 bits per heavy atom. The summed E-state index contributed by atoms with van der Waals surface area (Å²) in [5.41, 5.74) is 1.71. The van der Waals surface area contributed by atoms with Crippen molar-refractivity contribution < 1.29 is 9.13 Å². The van der Waals surface area contributed by atoms with Crippen LogP contribution in [0.3, 0.4) is 0 Å². The van der Waals surface area contributed by atoms with Gasteiger partial charge in [0, 0.05) is 5.56 Å². The Morgan fingerprint density at radius 1 is 1.11 bits per heavy atom. The first-order valence-corrected chi connectivity index (χ1v) is 6.44. The second-order valence-corrected chi connectivity index (χ2v) is 4.88. The van der Waals surface area contributed by atoms with E-state index in [1.165, 1.54) is 6.07 Å². The lowest BCUT2D eigenvalue weighted by atomic mass is 10.2. The second-order valence-electron chi connectivity index (χ2n) is 4.12. The lowest BCUT2D eigenvalue weighted by Gasteiger charge is -2.13. The van der Waals surface area contributed by atoms with Gasteiger partial charge in [0.15, 0.2) is 5.75 Å². The van der Waals surface area contributed by atoms with Gasteiger partial charge in [-0.1, -0.05) is 41.4 Å². The Kier molecular flexibility index (Phi) is 4.27. The summed E-state index contributed by atoms with van der Waals surface area (Å²) < 4.78 is 19.0. The molecular formula is C14H12Cl2FNO. The molecule has 0 unspecified atom stereocenters. The van der Waals surface area contributed by atoms with Gasteiger partial charge in [0.2, 0.25) is 0 Å². The minimum absolute atomic E-state index is 0.0645. The van der Waals surface area contributed by atoms with Crippen LogP contribution in [0.25, 0.3) is 0 Å². The molecule has 19 heavy (non-hydrogen) atoms. The van der Waals surface area contributed by atoms with E-state index >= 15 is 0 Å². The minimum atomic E-state index is -0.322. The van der Waals surface area contributed by atoms with E-state index in [0.717, 1.165) is 0 Å². The molecule has 0 fully saturated rings. The SMILES string of the molecule is Cc1nc(C)c(Cl)c(OCc2ccccc2F)c1Cl. The molecule has 0 atom stereocenters. The average Bonchev–Trinajstić information content (AvgIpc) is 2.38. The number of benzene rings is 1. The molecule has 5 heteroatoms. The zero-order chi connectivity index (χ0) is 14.0. The monoisotopic (exact) mass is 299 g/mol. The van der Waals surface area contributed by atoms with Crippen LogP contribution in [0.2, 0.25) is 10.0 Å². The Hall–Kier alpha value is -1.32. The van der Waals surface area contributed by atoms with Crippen molar-refractivity contribution in [3.63, 3.8) is 0 Å². The first-order chi connectivity index (χ1) is 9.00. The molecule has 0 saturated carbocycles. The third-order valence-electron chi connectivity index (χ3n) is 2.70. The van der Waals surface area contributed by atoms with Crippen LogP contribution in [0.4, 0.5) is 4.39 Å². The lowest BCUT2D eigenvalue weighted by Crippen LogP contribution is -2.02. The minimum Gasteiger partial charge on any atom is -0.486 e. The molecule has 0 aliphatic rings. The normalized spacial score (nSPS) is 10.6. The molecule has 0 N–H and O–H groups in total. The van der Waals surface area contributed by atoms with Crippen LogP contribution in [-0.2, 0) is 6.61 Å². The molecule has 100 valence electrons. The van der Waals surface area contributed by atoms with Gasteiger partial charge < -0.3 is 4.74 Å². The number of aromatic nitrogens is 1. The molecule has 0 aliphatic heterocycles. The van der Waals surface area contributed by atoms with Crippen molar-refractivity contribution in [3.8, 4) is 5.75 Å². The molecule has 2 aromatic rings. The van der Waals surface area contributed by atoms with Crippen LogP contribution in [0, 0.1) is 19.7 Å². The number of ether oxygens (including phenoxy) is 1. The standard InChI is InChI=1S/C14H12Cl2FNO/c1-8-12(15)14(13(16)9(2)18-8)19-7-10-5-3-4-6-11(10)17/h3-6H,7H2,1-2H3. The first kappa shape index (κ1) is 14.1. The van der Waals surface area contributed by atoms with E-state index in [4.69, 9.17) is 27.9 Å². The lowest BCUT2D eigenvalue weighted by molar-refractivity contribution is 0.299. The van der Waals surface area contributed by atoms with Crippen molar-refractivity contribution in [2.75, 3.05) is 0 Å². The van der Waals surface area contributed by atoms with Crippen LogP contribution >= 0.6 is 23.2 Å². The number of pyridine rings is 1. The van der Waals surface area contributed by atoms with E-state index in [-0.39, 0.29) is 12.4 Å². The predicted molar refractivity (Wildman–Crippen MR) is 74.5 cm³/mol. The van der Waals surface area contributed by atoms with Gasteiger partial charge in [0.1, 0.15) is 22.5 Å². The summed E-state index contributed by atoms with van der Waals surface area (Å²) in [7, 11) is 0. The second kappa shape index (κ2) is 5.76. The molecule has 1 heterocycles. The summed E-state index contributed by atoms with van der Waals surface area (Å²) in [6.07, 6.45) is 0. The van der Waals surface area contributed by atoms with Crippen molar-refractivity contribution in [3.05, 3.63) is 57.1 Å². The zero-order valence-corrected chi connectivity index (χ0v) is 12.0. The van der Waals surface area contributed by atoms with Crippen LogP contribution in [0.5, 0.6) is 5.75 Å². The van der Waals surface area contributed by atoms with Gasteiger partial charge in [-0.15, -0.1) is 0 Å². The molecule has 2 nitrogen and oxygen atoms in total. The molecule has 0 saturated heterocycles. The third kappa shape index (κ3) is 2.99. The maximum atomic E-state index is 13.5. The summed E-state index contributed by atoms with van der Waals surface area (Å²) in [6, 6.07) is 6.40. The van der Waals surface area contributed by atoms with Crippen LogP contribution in [0.15, 0.2) is 24.3 Å². The molecular weight excluding hydrogens is 288 g/mol. The molecule has 0 spiro atoms. The Morgan fingerprint density at radius 3 is 2.26 bits per heavy atom. The Labute approximate surface area is 121 Å². The molecule has 0 aliphatic carbocycles. The number of hydrogen-bond acceptors (Lipinski definition) is 2. The predicted octanol–water partition coefficient (Wildman–Crippen LogP) is 4.72. The maximum absolute atomic E-state index is 13.5. The average molecular weight is 300 g/mol. The molecule has 2 rings (SSSR count). The molecule has 1 aromatic heterocycles. The van der Waals surface area contributed by atoms with Gasteiger partial charge in [0.25, 0.3) is 0 Å². The zero-order valence-electron chi connectivity index (χ0n) is 10.5. The van der Waals surface area contributed by atoms with Crippen molar-refractivity contribution in [1.29, 1.82) is 0 Å². The molecule has 0 bridgehead atoms. The Balaban J connectivity index is 2.28. The summed E-state index contributed by atoms with van der Waals surface area (Å²) in [5.74, 6) is 0.0221. The highest BCUT2D eigenvalue weighted by Crippen LogP contribution is 2.36. The van der Waals surface area contributed by atoms with E-state index in [1.54, 1.807) is 32.0 Å². The topological polar surface area (TPSA) is 22.1 Å². The van der Waals surface area contributed by atoms with Gasteiger partial charge >= 0.3 is 0 Å². The smallest absolute Gasteiger partial charge is 0.160 e. The van der Waals surface area contributed by atoms with E-state index in [9.17, 15) is 4.39 Å². The molecule has 1 aromatic carbocycles. The fourth-order valence-electron chi connectivity index (χ4n) is 1.67. The maximum Gasteiger partial charge on any atom is 0.160 e. The van der Waals surface area contributed by atoms with Crippen LogP contribution < -0.4 is 4.74 Å². The molecule has 0 amide bonds. The fourth-order valence-corrected chi connectivity index (χ4v) is 2.10. The highest BCUT2D eigenvalue weighted by molar-refractivity contribution is 6.37. The summed E-state index contributed by atoms with van der Waals surface area (Å²) >= 11 is 12.2. The first-order valence-electron chi connectivity index (χ1n) is 5.69. The van der Waals surface area contributed by atoms with E-state index < -0.39 is 0 Å². The van der Waals surface area contributed by atoms with Crippen LogP contribution in [0.1, 0.15) is 17.0 Å². The number of aryl methyl sites for hydroxylation is 2. The largest absolute Gasteiger partial charge is 0.486 e. The quantitative estimate of drug-likeness (QED) is 0.818. The van der Waals surface area contributed by atoms with Crippen molar-refractivity contribution in [2.45, 2.75) is 20.5 Å². The fraction of sp³-hybridized carbons (Fsp3) is 0.214. The van der Waals surface area contributed by atoms with Crippen molar-refractivity contribution >= 4 is 23.2 Å². The molecule has 0 radical (unpaired) electrons. The van der Waals surface area contributed by atoms with Crippen LogP contribution in [-0.4, -0.2) is 4.98 Å². The van der Waals surface area contributed by atoms with E-state index in [0.29, 0.717) is 32.7 Å². The number of nitrogens with zero attached hydrogens (tertiary/aromatic N) is 1. The highest BCUT2D eigenvalue weighted by atomic mass is 35.5.